The van der Waals surface area contributed by atoms with Crippen LogP contribution in [0.1, 0.15) is 24.0 Å². The molecule has 5 nitrogen and oxygen atoms in total. The quantitative estimate of drug-likeness (QED) is 0.606. The van der Waals surface area contributed by atoms with Crippen molar-refractivity contribution in [3.63, 3.8) is 0 Å². The molecule has 0 spiro atoms. The summed E-state index contributed by atoms with van der Waals surface area (Å²) in [4.78, 5) is 12.6. The number of hydrogen-bond donors (Lipinski definition) is 2. The van der Waals surface area contributed by atoms with E-state index in [2.05, 4.69) is 5.38 Å². The van der Waals surface area contributed by atoms with E-state index >= 15 is 0 Å². The molecule has 28 heavy (non-hydrogen) atoms. The molecule has 0 saturated carbocycles. The van der Waals surface area contributed by atoms with E-state index in [4.69, 9.17) is 15.2 Å². The number of carbonyl (C=O) groups is 1. The fourth-order valence-corrected chi connectivity index (χ4v) is 4.50. The monoisotopic (exact) mass is 397 g/mol. The van der Waals surface area contributed by atoms with Gasteiger partial charge in [-0.25, -0.2) is 0 Å². The number of phenols is 1. The first-order chi connectivity index (χ1) is 13.6. The van der Waals surface area contributed by atoms with Crippen LogP contribution in [0.15, 0.2) is 41.8 Å². The first-order valence-corrected chi connectivity index (χ1v) is 10.3. The van der Waals surface area contributed by atoms with E-state index in [1.165, 1.54) is 6.07 Å². The first-order valence-electron chi connectivity index (χ1n) is 9.41. The zero-order valence-electron chi connectivity index (χ0n) is 15.5. The molecule has 0 bridgehead atoms. The lowest BCUT2D eigenvalue weighted by molar-refractivity contribution is -0.124. The van der Waals surface area contributed by atoms with Gasteiger partial charge in [0.25, 0.3) is 0 Å². The summed E-state index contributed by atoms with van der Waals surface area (Å²) in [6, 6.07) is 10.9. The van der Waals surface area contributed by atoms with Gasteiger partial charge in [0.1, 0.15) is 23.9 Å². The third-order valence-electron chi connectivity index (χ3n) is 5.17. The van der Waals surface area contributed by atoms with Crippen molar-refractivity contribution in [2.75, 3.05) is 18.9 Å². The van der Waals surface area contributed by atoms with Crippen molar-refractivity contribution in [1.29, 1.82) is 0 Å². The van der Waals surface area contributed by atoms with Gasteiger partial charge in [0.2, 0.25) is 0 Å². The molecule has 0 amide bonds. The Hall–Kier alpha value is -2.57. The molecule has 0 atom stereocenters. The number of aromatic hydroxyl groups is 1. The van der Waals surface area contributed by atoms with E-state index in [0.29, 0.717) is 36.7 Å². The number of nitrogens with two attached hydrogens (primary N) is 1. The Morgan fingerprint density at radius 3 is 2.79 bits per heavy atom. The van der Waals surface area contributed by atoms with Crippen molar-refractivity contribution in [3.05, 3.63) is 52.9 Å². The summed E-state index contributed by atoms with van der Waals surface area (Å²) in [6.45, 7) is 1.63. The van der Waals surface area contributed by atoms with Crippen molar-refractivity contribution >= 4 is 32.9 Å². The highest BCUT2D eigenvalue weighted by molar-refractivity contribution is 7.17. The lowest BCUT2D eigenvalue weighted by Gasteiger charge is -2.20. The van der Waals surface area contributed by atoms with Crippen LogP contribution >= 0.6 is 11.3 Å². The molecular weight excluding hydrogens is 374 g/mol. The number of rotatable bonds is 6. The second-order valence-corrected chi connectivity index (χ2v) is 8.04. The molecule has 0 radical (unpaired) electrons. The minimum Gasteiger partial charge on any atom is -0.507 e. The zero-order chi connectivity index (χ0) is 19.5. The van der Waals surface area contributed by atoms with Crippen molar-refractivity contribution in [3.8, 4) is 11.5 Å². The minimum atomic E-state index is 0.124. The maximum Gasteiger partial charge on any atom is 0.140 e. The van der Waals surface area contributed by atoms with Gasteiger partial charge in [-0.15, -0.1) is 11.3 Å². The highest BCUT2D eigenvalue weighted by Gasteiger charge is 2.22. The Labute approximate surface area is 167 Å². The number of Topliss-reactive ketones (excluding diaryl/α,β-unsaturated/α-hetero) is 1. The summed E-state index contributed by atoms with van der Waals surface area (Å²) in [6.07, 6.45) is 2.14. The molecule has 146 valence electrons. The van der Waals surface area contributed by atoms with Gasteiger partial charge >= 0.3 is 0 Å². The van der Waals surface area contributed by atoms with Crippen LogP contribution in [0.25, 0.3) is 10.1 Å². The first kappa shape index (κ1) is 18.8. The van der Waals surface area contributed by atoms with E-state index in [1.54, 1.807) is 23.5 Å². The molecule has 1 aliphatic rings. The molecule has 4 rings (SSSR count). The summed E-state index contributed by atoms with van der Waals surface area (Å²) < 4.78 is 12.3. The van der Waals surface area contributed by atoms with Gasteiger partial charge in [0, 0.05) is 47.6 Å². The Kier molecular flexibility index (Phi) is 5.50. The van der Waals surface area contributed by atoms with Gasteiger partial charge in [0.15, 0.2) is 0 Å². The SMILES string of the molecule is Nc1ccc(COc2ccc3c(CC(=O)C4CCOCC4)csc3c2)c(O)c1. The second-order valence-electron chi connectivity index (χ2n) is 7.13. The molecule has 2 heterocycles. The number of thiophene rings is 1. The lowest BCUT2D eigenvalue weighted by atomic mass is 9.91. The molecule has 1 aliphatic heterocycles. The number of phenolic OH excluding ortho intramolecular Hbond substituents is 1. The number of fused-ring (bicyclic) bond motifs is 1. The van der Waals surface area contributed by atoms with E-state index in [-0.39, 0.29) is 18.3 Å². The third kappa shape index (κ3) is 4.13. The molecule has 1 aromatic heterocycles. The van der Waals surface area contributed by atoms with Crippen LogP contribution in [0.4, 0.5) is 5.69 Å². The van der Waals surface area contributed by atoms with Crippen LogP contribution < -0.4 is 10.5 Å². The summed E-state index contributed by atoms with van der Waals surface area (Å²) >= 11 is 1.62. The Morgan fingerprint density at radius 2 is 2.00 bits per heavy atom. The van der Waals surface area contributed by atoms with E-state index in [9.17, 15) is 9.90 Å². The van der Waals surface area contributed by atoms with Crippen LogP contribution in [0.3, 0.4) is 0 Å². The average Bonchev–Trinajstić information content (AvgIpc) is 3.10. The van der Waals surface area contributed by atoms with Crippen LogP contribution in [0.5, 0.6) is 11.5 Å². The maximum atomic E-state index is 12.6. The zero-order valence-corrected chi connectivity index (χ0v) is 16.3. The number of ketones is 1. The Bertz CT molecular complexity index is 991. The Morgan fingerprint density at radius 1 is 1.18 bits per heavy atom. The summed E-state index contributed by atoms with van der Waals surface area (Å²) in [5.41, 5.74) is 7.94. The van der Waals surface area contributed by atoms with Crippen molar-refractivity contribution < 1.29 is 19.4 Å². The summed E-state index contributed by atoms with van der Waals surface area (Å²) in [5.74, 6) is 1.29. The highest BCUT2D eigenvalue weighted by atomic mass is 32.1. The van der Waals surface area contributed by atoms with E-state index < -0.39 is 0 Å². The van der Waals surface area contributed by atoms with E-state index in [0.717, 1.165) is 34.2 Å². The molecule has 3 N–H and O–H groups in total. The molecule has 2 aromatic carbocycles. The molecular formula is C22H23NO4S. The normalized spacial score (nSPS) is 15.0. The predicted octanol–water partition coefficient (Wildman–Crippen LogP) is 4.31. The molecule has 0 aliphatic carbocycles. The van der Waals surface area contributed by atoms with Gasteiger partial charge in [-0.05, 0) is 59.5 Å². The van der Waals surface area contributed by atoms with Crippen LogP contribution in [0, 0.1) is 5.92 Å². The maximum absolute atomic E-state index is 12.6. The minimum absolute atomic E-state index is 0.124. The van der Waals surface area contributed by atoms with Gasteiger partial charge in [-0.1, -0.05) is 0 Å². The van der Waals surface area contributed by atoms with Crippen LogP contribution in [-0.4, -0.2) is 24.1 Å². The fraction of sp³-hybridized carbons (Fsp3) is 0.318. The van der Waals surface area contributed by atoms with Gasteiger partial charge in [0.05, 0.1) is 0 Å². The third-order valence-corrected chi connectivity index (χ3v) is 6.17. The highest BCUT2D eigenvalue weighted by Crippen LogP contribution is 2.32. The second kappa shape index (κ2) is 8.20. The number of ether oxygens (including phenoxy) is 2. The number of nitrogen functional groups attached to an aromatic ring is 1. The largest absolute Gasteiger partial charge is 0.507 e. The van der Waals surface area contributed by atoms with Crippen molar-refractivity contribution in [1.82, 2.24) is 0 Å². The molecule has 6 heteroatoms. The van der Waals surface area contributed by atoms with Crippen LogP contribution in [-0.2, 0) is 22.6 Å². The van der Waals surface area contributed by atoms with Gasteiger partial charge < -0.3 is 20.3 Å². The topological polar surface area (TPSA) is 81.8 Å². The molecule has 1 fully saturated rings. The number of hydrogen-bond acceptors (Lipinski definition) is 6. The summed E-state index contributed by atoms with van der Waals surface area (Å²) in [5, 5.41) is 13.1. The molecule has 1 saturated heterocycles. The molecule has 0 unspecified atom stereocenters. The van der Waals surface area contributed by atoms with Crippen molar-refractivity contribution in [2.24, 2.45) is 5.92 Å². The predicted molar refractivity (Wildman–Crippen MR) is 111 cm³/mol. The number of anilines is 1. The number of carbonyl (C=O) groups excluding carboxylic acids is 1. The van der Waals surface area contributed by atoms with Crippen molar-refractivity contribution in [2.45, 2.75) is 25.9 Å². The fourth-order valence-electron chi connectivity index (χ4n) is 3.51. The lowest BCUT2D eigenvalue weighted by Crippen LogP contribution is -2.24. The van der Waals surface area contributed by atoms with Gasteiger partial charge in [-0.3, -0.25) is 4.79 Å². The standard InChI is InChI=1S/C22H23NO4S/c23-17-2-1-15(21(25)10-17)12-27-18-3-4-19-16(13-28-22(19)11-18)9-20(24)14-5-7-26-8-6-14/h1-4,10-11,13-14,25H,5-9,12,23H2. The average molecular weight is 397 g/mol. The molecule has 3 aromatic rings. The Balaban J connectivity index is 1.44. The van der Waals surface area contributed by atoms with Crippen LogP contribution in [0.2, 0.25) is 0 Å². The summed E-state index contributed by atoms with van der Waals surface area (Å²) in [7, 11) is 0. The van der Waals surface area contributed by atoms with E-state index in [1.807, 2.05) is 18.2 Å². The number of benzene rings is 2. The van der Waals surface area contributed by atoms with Gasteiger partial charge in [-0.2, -0.15) is 0 Å². The smallest absolute Gasteiger partial charge is 0.140 e.